The molecule has 2 nitrogen and oxygen atoms in total. The number of nitrogens with zero attached hydrogens (tertiary/aromatic N) is 2. The number of hydrogen-bond donors (Lipinski definition) is 0. The van der Waals surface area contributed by atoms with Crippen LogP contribution in [-0.4, -0.2) is 16.4 Å². The zero-order chi connectivity index (χ0) is 10.7. The van der Waals surface area contributed by atoms with E-state index in [-0.39, 0.29) is 0 Å². The molecule has 0 aromatic carbocycles. The number of rotatable bonds is 3. The Morgan fingerprint density at radius 1 is 1.40 bits per heavy atom. The van der Waals surface area contributed by atoms with Gasteiger partial charge in [-0.3, -0.25) is 4.98 Å². The first-order valence-corrected chi connectivity index (χ1v) is 6.20. The Labute approximate surface area is 95.4 Å². The number of allylic oxidation sites excluding steroid dienone is 1. The van der Waals surface area contributed by atoms with Crippen LogP contribution in [0.2, 0.25) is 0 Å². The predicted molar refractivity (Wildman–Crippen MR) is 65.3 cm³/mol. The zero-order valence-corrected chi connectivity index (χ0v) is 10.00. The minimum Gasteiger partial charge on any atom is -0.361 e. The summed E-state index contributed by atoms with van der Waals surface area (Å²) in [5.74, 6) is 0. The Bertz CT molecular complexity index is 348. The summed E-state index contributed by atoms with van der Waals surface area (Å²) in [6.45, 7) is 5.52. The van der Waals surface area contributed by atoms with Crippen LogP contribution in [0.25, 0.3) is 0 Å². The normalized spacial score (nSPS) is 20.5. The summed E-state index contributed by atoms with van der Waals surface area (Å²) in [4.78, 5) is 7.87. The molecule has 1 aliphatic heterocycles. The fourth-order valence-electron chi connectivity index (χ4n) is 1.80. The van der Waals surface area contributed by atoms with E-state index in [1.807, 2.05) is 24.2 Å². The van der Waals surface area contributed by atoms with E-state index in [1.54, 1.807) is 0 Å². The molecule has 15 heavy (non-hydrogen) atoms. The maximum absolute atomic E-state index is 4.06. The fourth-order valence-corrected chi connectivity index (χ4v) is 2.95. The van der Waals surface area contributed by atoms with E-state index in [0.29, 0.717) is 5.37 Å². The molecule has 0 fully saturated rings. The second-order valence-electron chi connectivity index (χ2n) is 3.73. The predicted octanol–water partition coefficient (Wildman–Crippen LogP) is 3.40. The number of aromatic nitrogens is 1. The van der Waals surface area contributed by atoms with Gasteiger partial charge in [-0.2, -0.15) is 0 Å². The molecule has 1 aromatic heterocycles. The quantitative estimate of drug-likeness (QED) is 0.776. The van der Waals surface area contributed by atoms with Gasteiger partial charge in [0, 0.05) is 30.0 Å². The van der Waals surface area contributed by atoms with E-state index in [4.69, 9.17) is 0 Å². The SMILES string of the molecule is CCCN1C=C(C)SC1c1ccncc1. The highest BCUT2D eigenvalue weighted by atomic mass is 32.2. The summed E-state index contributed by atoms with van der Waals surface area (Å²) in [5.41, 5.74) is 1.34. The molecule has 80 valence electrons. The van der Waals surface area contributed by atoms with E-state index in [1.165, 1.54) is 16.9 Å². The van der Waals surface area contributed by atoms with Gasteiger partial charge >= 0.3 is 0 Å². The molecular formula is C12H16N2S. The van der Waals surface area contributed by atoms with Crippen molar-refractivity contribution in [2.24, 2.45) is 0 Å². The highest BCUT2D eigenvalue weighted by molar-refractivity contribution is 8.03. The first-order valence-electron chi connectivity index (χ1n) is 5.32. The van der Waals surface area contributed by atoms with Gasteiger partial charge in [-0.1, -0.05) is 18.7 Å². The molecule has 0 spiro atoms. The third-order valence-corrected chi connectivity index (χ3v) is 3.66. The van der Waals surface area contributed by atoms with Crippen molar-refractivity contribution < 1.29 is 0 Å². The van der Waals surface area contributed by atoms with Crippen LogP contribution in [0.15, 0.2) is 35.6 Å². The van der Waals surface area contributed by atoms with Gasteiger partial charge in [0.25, 0.3) is 0 Å². The van der Waals surface area contributed by atoms with Crippen molar-refractivity contribution in [3.63, 3.8) is 0 Å². The van der Waals surface area contributed by atoms with Crippen LogP contribution in [0, 0.1) is 0 Å². The molecule has 0 saturated heterocycles. The van der Waals surface area contributed by atoms with E-state index in [0.717, 1.165) is 6.54 Å². The Morgan fingerprint density at radius 2 is 2.13 bits per heavy atom. The van der Waals surface area contributed by atoms with E-state index >= 15 is 0 Å². The van der Waals surface area contributed by atoms with Gasteiger partial charge in [-0.25, -0.2) is 0 Å². The summed E-state index contributed by atoms with van der Waals surface area (Å²) >= 11 is 1.93. The molecule has 1 unspecified atom stereocenters. The van der Waals surface area contributed by atoms with Gasteiger partial charge in [0.2, 0.25) is 0 Å². The standard InChI is InChI=1S/C12H16N2S/c1-3-8-14-9-10(2)15-12(14)11-4-6-13-7-5-11/h4-7,9,12H,3,8H2,1-2H3. The lowest BCUT2D eigenvalue weighted by Gasteiger charge is -2.24. The molecular weight excluding hydrogens is 204 g/mol. The average Bonchev–Trinajstić information content (AvgIpc) is 2.62. The lowest BCUT2D eigenvalue weighted by Crippen LogP contribution is -2.18. The maximum atomic E-state index is 4.06. The molecule has 2 rings (SSSR count). The number of pyridine rings is 1. The van der Waals surface area contributed by atoms with Crippen molar-refractivity contribution >= 4 is 11.8 Å². The average molecular weight is 220 g/mol. The summed E-state index contributed by atoms with van der Waals surface area (Å²) in [7, 11) is 0. The Morgan fingerprint density at radius 3 is 2.80 bits per heavy atom. The Hall–Kier alpha value is -0.960. The molecule has 1 aliphatic rings. The van der Waals surface area contributed by atoms with Crippen molar-refractivity contribution in [1.82, 2.24) is 9.88 Å². The van der Waals surface area contributed by atoms with Gasteiger partial charge in [0.15, 0.2) is 0 Å². The molecule has 1 aromatic rings. The van der Waals surface area contributed by atoms with Crippen LogP contribution in [0.5, 0.6) is 0 Å². The second-order valence-corrected chi connectivity index (χ2v) is 5.05. The van der Waals surface area contributed by atoms with Crippen LogP contribution < -0.4 is 0 Å². The Kier molecular flexibility index (Phi) is 3.31. The molecule has 0 N–H and O–H groups in total. The van der Waals surface area contributed by atoms with Crippen LogP contribution >= 0.6 is 11.8 Å². The van der Waals surface area contributed by atoms with Gasteiger partial charge in [-0.05, 0) is 31.0 Å². The van der Waals surface area contributed by atoms with E-state index in [9.17, 15) is 0 Å². The van der Waals surface area contributed by atoms with Crippen molar-refractivity contribution in [3.05, 3.63) is 41.2 Å². The molecule has 0 bridgehead atoms. The molecule has 0 aliphatic carbocycles. The topological polar surface area (TPSA) is 16.1 Å². The molecule has 0 radical (unpaired) electrons. The number of thioether (sulfide) groups is 1. The minimum absolute atomic E-state index is 0.452. The third kappa shape index (κ3) is 2.34. The maximum Gasteiger partial charge on any atom is 0.104 e. The van der Waals surface area contributed by atoms with E-state index in [2.05, 4.69) is 42.1 Å². The fraction of sp³-hybridized carbons (Fsp3) is 0.417. The van der Waals surface area contributed by atoms with Crippen LogP contribution in [-0.2, 0) is 0 Å². The van der Waals surface area contributed by atoms with Crippen molar-refractivity contribution in [1.29, 1.82) is 0 Å². The summed E-state index contributed by atoms with van der Waals surface area (Å²) < 4.78 is 0. The van der Waals surface area contributed by atoms with Crippen molar-refractivity contribution in [2.45, 2.75) is 25.6 Å². The molecule has 3 heteroatoms. The zero-order valence-electron chi connectivity index (χ0n) is 9.18. The number of hydrogen-bond acceptors (Lipinski definition) is 3. The van der Waals surface area contributed by atoms with Crippen molar-refractivity contribution in [2.75, 3.05) is 6.54 Å². The molecule has 2 heterocycles. The van der Waals surface area contributed by atoms with Crippen LogP contribution in [0.3, 0.4) is 0 Å². The van der Waals surface area contributed by atoms with Crippen LogP contribution in [0.4, 0.5) is 0 Å². The van der Waals surface area contributed by atoms with E-state index < -0.39 is 0 Å². The minimum atomic E-state index is 0.452. The first kappa shape index (κ1) is 10.6. The first-order chi connectivity index (χ1) is 7.31. The molecule has 1 atom stereocenters. The summed E-state index contributed by atoms with van der Waals surface area (Å²) in [6.07, 6.45) is 7.19. The molecule has 0 amide bonds. The lowest BCUT2D eigenvalue weighted by molar-refractivity contribution is 0.366. The highest BCUT2D eigenvalue weighted by Gasteiger charge is 2.23. The van der Waals surface area contributed by atoms with Gasteiger partial charge < -0.3 is 4.90 Å². The second kappa shape index (κ2) is 4.71. The summed E-state index contributed by atoms with van der Waals surface area (Å²) in [6, 6.07) is 4.21. The largest absolute Gasteiger partial charge is 0.361 e. The lowest BCUT2D eigenvalue weighted by atomic mass is 10.2. The third-order valence-electron chi connectivity index (χ3n) is 2.42. The monoisotopic (exact) mass is 220 g/mol. The van der Waals surface area contributed by atoms with Crippen LogP contribution in [0.1, 0.15) is 31.2 Å². The van der Waals surface area contributed by atoms with Gasteiger partial charge in [-0.15, -0.1) is 0 Å². The smallest absolute Gasteiger partial charge is 0.104 e. The van der Waals surface area contributed by atoms with Crippen molar-refractivity contribution in [3.8, 4) is 0 Å². The summed E-state index contributed by atoms with van der Waals surface area (Å²) in [5, 5.41) is 0.452. The van der Waals surface area contributed by atoms with Gasteiger partial charge in [0.05, 0.1) is 0 Å². The van der Waals surface area contributed by atoms with Gasteiger partial charge in [0.1, 0.15) is 5.37 Å². The Balaban J connectivity index is 2.16. The molecule has 0 saturated carbocycles. The highest BCUT2D eigenvalue weighted by Crippen LogP contribution is 2.43.